The van der Waals surface area contributed by atoms with Crippen LogP contribution in [0.25, 0.3) is 10.8 Å². The zero-order valence-electron chi connectivity index (χ0n) is 22.2. The van der Waals surface area contributed by atoms with Crippen LogP contribution in [0, 0.1) is 0 Å². The van der Waals surface area contributed by atoms with Crippen LogP contribution in [0.5, 0.6) is 0 Å². The molecule has 0 radical (unpaired) electrons. The van der Waals surface area contributed by atoms with E-state index >= 15 is 0 Å². The zero-order chi connectivity index (χ0) is 25.1. The van der Waals surface area contributed by atoms with Gasteiger partial charge < -0.3 is 15.1 Å². The zero-order valence-corrected chi connectivity index (χ0v) is 22.2. The molecule has 0 spiro atoms. The van der Waals surface area contributed by atoms with Crippen molar-refractivity contribution in [2.45, 2.75) is 44.1 Å². The third-order valence-electron chi connectivity index (χ3n) is 7.72. The molecule has 0 saturated heterocycles. The van der Waals surface area contributed by atoms with Crippen LogP contribution in [0.3, 0.4) is 0 Å². The quantitative estimate of drug-likeness (QED) is 0.273. The molecule has 36 heavy (non-hydrogen) atoms. The number of nitrogens with one attached hydrogen (secondary N) is 1. The molecule has 0 bridgehead atoms. The van der Waals surface area contributed by atoms with Gasteiger partial charge in [0.25, 0.3) is 0 Å². The van der Waals surface area contributed by atoms with Crippen LogP contribution >= 0.6 is 0 Å². The Labute approximate surface area is 216 Å². The first kappa shape index (κ1) is 24.2. The van der Waals surface area contributed by atoms with Crippen molar-refractivity contribution in [2.24, 2.45) is 0 Å². The summed E-state index contributed by atoms with van der Waals surface area (Å²) in [5, 5.41) is 6.55. The summed E-state index contributed by atoms with van der Waals surface area (Å²) in [4.78, 5) is 4.32. The third kappa shape index (κ3) is 5.06. The molecule has 0 aliphatic heterocycles. The van der Waals surface area contributed by atoms with Crippen LogP contribution in [-0.2, 0) is 0 Å². The van der Waals surface area contributed by atoms with Crippen molar-refractivity contribution in [2.75, 3.05) is 43.3 Å². The molecule has 1 aliphatic carbocycles. The Morgan fingerprint density at radius 3 is 1.67 bits per heavy atom. The van der Waals surface area contributed by atoms with E-state index in [9.17, 15) is 0 Å². The fourth-order valence-electron chi connectivity index (χ4n) is 5.65. The smallest absolute Gasteiger partial charge is 0.0422 e. The number of rotatable bonds is 7. The number of benzene rings is 4. The molecular formula is C33H39N3. The monoisotopic (exact) mass is 477 g/mol. The molecule has 1 N–H and O–H groups in total. The Balaban J connectivity index is 1.61. The topological polar surface area (TPSA) is 18.5 Å². The lowest BCUT2D eigenvalue weighted by Gasteiger charge is -2.27. The second-order valence-electron chi connectivity index (χ2n) is 10.6. The molecule has 0 atom stereocenters. The van der Waals surface area contributed by atoms with E-state index < -0.39 is 0 Å². The number of anilines is 3. The van der Waals surface area contributed by atoms with Gasteiger partial charge in [-0.25, -0.2) is 0 Å². The summed E-state index contributed by atoms with van der Waals surface area (Å²) in [6.07, 6.45) is 6.59. The second kappa shape index (κ2) is 10.7. The molecule has 1 fully saturated rings. The van der Waals surface area contributed by atoms with Crippen molar-refractivity contribution in [3.05, 3.63) is 102 Å². The van der Waals surface area contributed by atoms with Crippen molar-refractivity contribution in [1.29, 1.82) is 0 Å². The summed E-state index contributed by atoms with van der Waals surface area (Å²) in [7, 11) is 8.38. The summed E-state index contributed by atoms with van der Waals surface area (Å²) in [6, 6.07) is 32.3. The fraction of sp³-hybridized carbons (Fsp3) is 0.333. The van der Waals surface area contributed by atoms with E-state index in [1.54, 1.807) is 0 Å². The van der Waals surface area contributed by atoms with Crippen LogP contribution in [-0.4, -0.2) is 34.2 Å². The summed E-state index contributed by atoms with van der Waals surface area (Å²) >= 11 is 0. The van der Waals surface area contributed by atoms with Gasteiger partial charge in [-0.2, -0.15) is 0 Å². The molecule has 0 heterocycles. The van der Waals surface area contributed by atoms with E-state index in [1.807, 2.05) is 0 Å². The molecular weight excluding hydrogens is 438 g/mol. The van der Waals surface area contributed by atoms with Crippen LogP contribution in [0.2, 0.25) is 0 Å². The predicted molar refractivity (Wildman–Crippen MR) is 157 cm³/mol. The van der Waals surface area contributed by atoms with Gasteiger partial charge in [-0.1, -0.05) is 73.9 Å². The van der Waals surface area contributed by atoms with E-state index in [2.05, 4.69) is 128 Å². The van der Waals surface area contributed by atoms with Gasteiger partial charge in [-0.3, -0.25) is 0 Å². The number of hydrogen-bond donors (Lipinski definition) is 1. The molecule has 3 heteroatoms. The van der Waals surface area contributed by atoms with Gasteiger partial charge in [0.05, 0.1) is 0 Å². The summed E-state index contributed by atoms with van der Waals surface area (Å²) in [5.41, 5.74) is 7.70. The molecule has 4 aromatic rings. The Bertz CT molecular complexity index is 1230. The third-order valence-corrected chi connectivity index (χ3v) is 7.72. The Kier molecular flexibility index (Phi) is 7.18. The average molecular weight is 478 g/mol. The SMILES string of the molecule is CN(C)c1ccc(C(c2ccc(N(C)C)cc2)c2ccc(NC3CCCCC3)c3ccccc23)cc1. The molecule has 5 rings (SSSR count). The molecule has 0 aromatic heterocycles. The standard InChI is InChI=1S/C33H39N3/c1-35(2)27-18-14-24(15-19-27)33(25-16-20-28(21-17-25)36(3)4)31-22-23-32(30-13-9-8-12-29(30)31)34-26-10-6-5-7-11-26/h8-9,12-23,26,33-34H,5-7,10-11H2,1-4H3. The molecule has 3 nitrogen and oxygen atoms in total. The summed E-state index contributed by atoms with van der Waals surface area (Å²) in [5.74, 6) is 0.158. The van der Waals surface area contributed by atoms with Gasteiger partial charge in [0.1, 0.15) is 0 Å². The fourth-order valence-corrected chi connectivity index (χ4v) is 5.65. The van der Waals surface area contributed by atoms with E-state index in [0.717, 1.165) is 0 Å². The minimum absolute atomic E-state index is 0.158. The highest BCUT2D eigenvalue weighted by atomic mass is 15.1. The largest absolute Gasteiger partial charge is 0.382 e. The first-order valence-electron chi connectivity index (χ1n) is 13.3. The van der Waals surface area contributed by atoms with Gasteiger partial charge in [0, 0.05) is 62.6 Å². The molecule has 0 amide bonds. The maximum absolute atomic E-state index is 3.90. The minimum Gasteiger partial charge on any atom is -0.382 e. The molecule has 186 valence electrons. The van der Waals surface area contributed by atoms with Crippen molar-refractivity contribution in [1.82, 2.24) is 0 Å². The number of nitrogens with zero attached hydrogens (tertiary/aromatic N) is 2. The lowest BCUT2D eigenvalue weighted by atomic mass is 9.82. The second-order valence-corrected chi connectivity index (χ2v) is 10.6. The number of fused-ring (bicyclic) bond motifs is 1. The van der Waals surface area contributed by atoms with Crippen LogP contribution in [0.1, 0.15) is 54.7 Å². The maximum Gasteiger partial charge on any atom is 0.0422 e. The molecule has 0 unspecified atom stereocenters. The Morgan fingerprint density at radius 2 is 1.14 bits per heavy atom. The van der Waals surface area contributed by atoms with E-state index in [1.165, 1.54) is 76.6 Å². The highest BCUT2D eigenvalue weighted by molar-refractivity contribution is 5.97. The normalized spacial score (nSPS) is 14.2. The van der Waals surface area contributed by atoms with Gasteiger partial charge >= 0.3 is 0 Å². The van der Waals surface area contributed by atoms with Crippen molar-refractivity contribution < 1.29 is 0 Å². The summed E-state index contributed by atoms with van der Waals surface area (Å²) < 4.78 is 0. The van der Waals surface area contributed by atoms with E-state index in [4.69, 9.17) is 0 Å². The van der Waals surface area contributed by atoms with Crippen LogP contribution in [0.4, 0.5) is 17.1 Å². The lowest BCUT2D eigenvalue weighted by Crippen LogP contribution is -2.22. The van der Waals surface area contributed by atoms with Gasteiger partial charge in [-0.15, -0.1) is 0 Å². The Hall–Kier alpha value is -3.46. The first-order chi connectivity index (χ1) is 17.5. The predicted octanol–water partition coefficient (Wildman–Crippen LogP) is 7.90. The van der Waals surface area contributed by atoms with E-state index in [-0.39, 0.29) is 5.92 Å². The van der Waals surface area contributed by atoms with Crippen LogP contribution in [0.15, 0.2) is 84.9 Å². The van der Waals surface area contributed by atoms with Gasteiger partial charge in [0.15, 0.2) is 0 Å². The molecule has 1 saturated carbocycles. The van der Waals surface area contributed by atoms with Gasteiger partial charge in [-0.05, 0) is 65.3 Å². The minimum atomic E-state index is 0.158. The molecule has 4 aromatic carbocycles. The van der Waals surface area contributed by atoms with Crippen LogP contribution < -0.4 is 15.1 Å². The highest BCUT2D eigenvalue weighted by Crippen LogP contribution is 2.40. The van der Waals surface area contributed by atoms with Crippen molar-refractivity contribution >= 4 is 27.8 Å². The maximum atomic E-state index is 3.90. The first-order valence-corrected chi connectivity index (χ1v) is 13.3. The molecule has 1 aliphatic rings. The lowest BCUT2D eigenvalue weighted by molar-refractivity contribution is 0.463. The Morgan fingerprint density at radius 1 is 0.611 bits per heavy atom. The van der Waals surface area contributed by atoms with E-state index in [0.29, 0.717) is 6.04 Å². The average Bonchev–Trinajstić information content (AvgIpc) is 2.91. The van der Waals surface area contributed by atoms with Crippen molar-refractivity contribution in [3.63, 3.8) is 0 Å². The van der Waals surface area contributed by atoms with Crippen molar-refractivity contribution in [3.8, 4) is 0 Å². The number of hydrogen-bond acceptors (Lipinski definition) is 3. The van der Waals surface area contributed by atoms with Gasteiger partial charge in [0.2, 0.25) is 0 Å². The highest BCUT2D eigenvalue weighted by Gasteiger charge is 2.21. The summed E-state index contributed by atoms with van der Waals surface area (Å²) in [6.45, 7) is 0.